The van der Waals surface area contributed by atoms with E-state index in [0.717, 1.165) is 6.07 Å². The third kappa shape index (κ3) is 6.03. The molecule has 1 fully saturated rings. The maximum absolute atomic E-state index is 12.7. The van der Waals surface area contributed by atoms with Gasteiger partial charge >= 0.3 is 6.18 Å². The number of piperidine rings is 1. The van der Waals surface area contributed by atoms with Crippen LogP contribution in [0.2, 0.25) is 0 Å². The van der Waals surface area contributed by atoms with Gasteiger partial charge in [-0.1, -0.05) is 6.42 Å². The molecule has 0 radical (unpaired) electrons. The van der Waals surface area contributed by atoms with Crippen LogP contribution in [0.4, 0.5) is 30.4 Å². The number of nitrogens with one attached hydrogen (secondary N) is 1. The Balaban J connectivity index is 0.000000411. The number of nitrogens with zero attached hydrogens (tertiary/aromatic N) is 2. The standard InChI is InChI=1S/C12H12F3N5.C5H11N.C2H2/c1-5-4-8(19-20-11(5)18)6-2-3-7(12(13,14)15)10(17)9(6)16;1-2-4-6-5-3-1;1-2/h2-4H,16-17H2,1H3,(H2,18,20);6H,1-5H2;1-2H. The number of aromatic nitrogens is 2. The minimum Gasteiger partial charge on any atom is -0.397 e. The fraction of sp³-hybridized carbons (Fsp3) is 0.368. The van der Waals surface area contributed by atoms with Gasteiger partial charge in [0, 0.05) is 5.56 Å². The SMILES string of the molecule is C#C.C1CCNCC1.Cc1cc(-c2ccc(C(F)(F)F)c(N)c2N)nnc1N. The van der Waals surface area contributed by atoms with Crippen LogP contribution in [-0.4, -0.2) is 23.3 Å². The van der Waals surface area contributed by atoms with Crippen LogP contribution in [0.25, 0.3) is 11.3 Å². The van der Waals surface area contributed by atoms with Crippen molar-refractivity contribution in [2.75, 3.05) is 30.3 Å². The van der Waals surface area contributed by atoms with Crippen molar-refractivity contribution in [3.63, 3.8) is 0 Å². The van der Waals surface area contributed by atoms with Gasteiger partial charge in [-0.2, -0.15) is 13.2 Å². The van der Waals surface area contributed by atoms with Gasteiger partial charge in [-0.15, -0.1) is 23.0 Å². The Morgan fingerprint density at radius 3 is 2.00 bits per heavy atom. The molecule has 0 atom stereocenters. The molecule has 152 valence electrons. The molecule has 9 heteroatoms. The number of benzene rings is 1. The van der Waals surface area contributed by atoms with E-state index < -0.39 is 17.4 Å². The molecule has 28 heavy (non-hydrogen) atoms. The second-order valence-corrected chi connectivity index (χ2v) is 6.09. The fourth-order valence-corrected chi connectivity index (χ4v) is 2.53. The van der Waals surface area contributed by atoms with Gasteiger partial charge in [0.05, 0.1) is 22.6 Å². The third-order valence-electron chi connectivity index (χ3n) is 4.10. The lowest BCUT2D eigenvalue weighted by atomic mass is 10.0. The quantitative estimate of drug-likeness (QED) is 0.436. The first-order valence-corrected chi connectivity index (χ1v) is 8.61. The molecule has 0 bridgehead atoms. The molecule has 2 heterocycles. The summed E-state index contributed by atoms with van der Waals surface area (Å²) in [5.74, 6) is 0.243. The van der Waals surface area contributed by atoms with E-state index in [9.17, 15) is 13.2 Å². The molecule has 1 aromatic heterocycles. The predicted octanol–water partition coefficient (Wildman–Crippen LogP) is 3.23. The van der Waals surface area contributed by atoms with Crippen LogP contribution < -0.4 is 22.5 Å². The molecule has 6 nitrogen and oxygen atoms in total. The summed E-state index contributed by atoms with van der Waals surface area (Å²) in [5, 5.41) is 10.8. The molecule has 0 saturated carbocycles. The van der Waals surface area contributed by atoms with E-state index in [1.165, 1.54) is 38.4 Å². The van der Waals surface area contributed by atoms with Gasteiger partial charge in [-0.05, 0) is 56.6 Å². The van der Waals surface area contributed by atoms with E-state index in [1.807, 2.05) is 0 Å². The van der Waals surface area contributed by atoms with Gasteiger partial charge in [0.2, 0.25) is 0 Å². The van der Waals surface area contributed by atoms with Gasteiger partial charge in [0.25, 0.3) is 0 Å². The number of nitrogens with two attached hydrogens (primary N) is 3. The zero-order valence-electron chi connectivity index (χ0n) is 15.7. The van der Waals surface area contributed by atoms with Crippen LogP contribution in [0.15, 0.2) is 18.2 Å². The topological polar surface area (TPSA) is 116 Å². The van der Waals surface area contributed by atoms with Crippen molar-refractivity contribution in [1.29, 1.82) is 0 Å². The summed E-state index contributed by atoms with van der Waals surface area (Å²) in [6.45, 7) is 4.21. The summed E-state index contributed by atoms with van der Waals surface area (Å²) in [6.07, 6.45) is 7.66. The first-order valence-electron chi connectivity index (χ1n) is 8.61. The van der Waals surface area contributed by atoms with Crippen molar-refractivity contribution in [1.82, 2.24) is 15.5 Å². The Hall–Kier alpha value is -2.99. The predicted molar refractivity (Wildman–Crippen MR) is 107 cm³/mol. The van der Waals surface area contributed by atoms with Crippen LogP contribution >= 0.6 is 0 Å². The average Bonchev–Trinajstić information content (AvgIpc) is 2.69. The van der Waals surface area contributed by atoms with Crippen molar-refractivity contribution in [2.24, 2.45) is 0 Å². The van der Waals surface area contributed by atoms with E-state index >= 15 is 0 Å². The number of aryl methyl sites for hydroxylation is 1. The van der Waals surface area contributed by atoms with E-state index in [4.69, 9.17) is 17.2 Å². The second kappa shape index (κ2) is 10.4. The summed E-state index contributed by atoms with van der Waals surface area (Å²) in [4.78, 5) is 0. The third-order valence-corrected chi connectivity index (χ3v) is 4.10. The Labute approximate surface area is 162 Å². The van der Waals surface area contributed by atoms with E-state index in [0.29, 0.717) is 11.3 Å². The smallest absolute Gasteiger partial charge is 0.397 e. The van der Waals surface area contributed by atoms with E-state index in [2.05, 4.69) is 28.4 Å². The van der Waals surface area contributed by atoms with Crippen LogP contribution in [-0.2, 0) is 6.18 Å². The lowest BCUT2D eigenvalue weighted by Crippen LogP contribution is -2.21. The van der Waals surface area contributed by atoms with Crippen molar-refractivity contribution in [3.8, 4) is 24.1 Å². The summed E-state index contributed by atoms with van der Waals surface area (Å²) >= 11 is 0. The zero-order valence-corrected chi connectivity index (χ0v) is 15.7. The average molecular weight is 394 g/mol. The molecule has 0 amide bonds. The number of terminal acetylenes is 1. The van der Waals surface area contributed by atoms with Crippen molar-refractivity contribution in [2.45, 2.75) is 32.4 Å². The molecule has 0 aliphatic carbocycles. The lowest BCUT2D eigenvalue weighted by Gasteiger charge is -2.14. The number of halogens is 3. The van der Waals surface area contributed by atoms with Crippen molar-refractivity contribution < 1.29 is 13.2 Å². The normalized spacial score (nSPS) is 13.5. The fourth-order valence-electron chi connectivity index (χ4n) is 2.53. The number of nitrogen functional groups attached to an aromatic ring is 3. The van der Waals surface area contributed by atoms with Crippen molar-refractivity contribution >= 4 is 17.2 Å². The molecule has 0 unspecified atom stereocenters. The number of rotatable bonds is 1. The Morgan fingerprint density at radius 2 is 1.57 bits per heavy atom. The molecule has 3 rings (SSSR count). The summed E-state index contributed by atoms with van der Waals surface area (Å²) in [5.41, 5.74) is 16.2. The molecule has 0 spiro atoms. The molecule has 1 saturated heterocycles. The molecule has 1 aliphatic rings. The van der Waals surface area contributed by atoms with Crippen LogP contribution in [0.3, 0.4) is 0 Å². The Bertz CT molecular complexity index is 787. The molecular formula is C19H25F3N6. The summed E-state index contributed by atoms with van der Waals surface area (Å²) in [6, 6.07) is 3.67. The van der Waals surface area contributed by atoms with Gasteiger partial charge < -0.3 is 22.5 Å². The van der Waals surface area contributed by atoms with Gasteiger partial charge in [0.15, 0.2) is 0 Å². The number of hydrogen-bond donors (Lipinski definition) is 4. The van der Waals surface area contributed by atoms with Crippen LogP contribution in [0, 0.1) is 19.8 Å². The van der Waals surface area contributed by atoms with Gasteiger partial charge in [-0.3, -0.25) is 0 Å². The maximum Gasteiger partial charge on any atom is 0.418 e. The van der Waals surface area contributed by atoms with Gasteiger partial charge in [-0.25, -0.2) is 0 Å². The van der Waals surface area contributed by atoms with Crippen LogP contribution in [0.1, 0.15) is 30.4 Å². The highest BCUT2D eigenvalue weighted by atomic mass is 19.4. The molecule has 1 aromatic carbocycles. The zero-order chi connectivity index (χ0) is 21.3. The summed E-state index contributed by atoms with van der Waals surface area (Å²) in [7, 11) is 0. The minimum atomic E-state index is -4.56. The lowest BCUT2D eigenvalue weighted by molar-refractivity contribution is -0.136. The van der Waals surface area contributed by atoms with Crippen LogP contribution in [0.5, 0.6) is 0 Å². The molecule has 7 N–H and O–H groups in total. The van der Waals surface area contributed by atoms with Gasteiger partial charge in [0.1, 0.15) is 5.82 Å². The maximum atomic E-state index is 12.7. The Kier molecular flexibility index (Phi) is 8.54. The molecular weight excluding hydrogens is 369 g/mol. The first kappa shape index (κ1) is 23.0. The van der Waals surface area contributed by atoms with E-state index in [1.54, 1.807) is 13.0 Å². The second-order valence-electron chi connectivity index (χ2n) is 6.09. The number of alkyl halides is 3. The van der Waals surface area contributed by atoms with Crippen molar-refractivity contribution in [3.05, 3.63) is 29.3 Å². The molecule has 2 aromatic rings. The largest absolute Gasteiger partial charge is 0.418 e. The molecule has 1 aliphatic heterocycles. The summed E-state index contributed by atoms with van der Waals surface area (Å²) < 4.78 is 38.1. The minimum absolute atomic E-state index is 0.182. The Morgan fingerprint density at radius 1 is 0.964 bits per heavy atom. The highest BCUT2D eigenvalue weighted by Gasteiger charge is 2.34. The first-order chi connectivity index (χ1) is 13.2. The highest BCUT2D eigenvalue weighted by molar-refractivity contribution is 5.85. The highest BCUT2D eigenvalue weighted by Crippen LogP contribution is 2.40. The monoisotopic (exact) mass is 394 g/mol. The number of hydrogen-bond acceptors (Lipinski definition) is 6. The number of anilines is 3. The van der Waals surface area contributed by atoms with E-state index in [-0.39, 0.29) is 17.1 Å².